The second-order valence-corrected chi connectivity index (χ2v) is 5.38. The quantitative estimate of drug-likeness (QED) is 0.791. The first-order chi connectivity index (χ1) is 7.57. The molecule has 1 aromatic heterocycles. The first kappa shape index (κ1) is 11.2. The van der Waals surface area contributed by atoms with Crippen LogP contribution in [0.2, 0.25) is 0 Å². The number of amides is 1. The molecule has 1 heterocycles. The van der Waals surface area contributed by atoms with Crippen molar-refractivity contribution in [1.82, 2.24) is 14.9 Å². The van der Waals surface area contributed by atoms with Crippen LogP contribution in [-0.2, 0) is 0 Å². The van der Waals surface area contributed by atoms with Gasteiger partial charge in [-0.3, -0.25) is 4.57 Å². The molecule has 0 radical (unpaired) electrons. The fourth-order valence-corrected chi connectivity index (χ4v) is 2.45. The lowest BCUT2D eigenvalue weighted by Crippen LogP contribution is -2.42. The van der Waals surface area contributed by atoms with Crippen molar-refractivity contribution in [2.75, 3.05) is 0 Å². The van der Waals surface area contributed by atoms with Crippen LogP contribution in [0.4, 0.5) is 4.79 Å². The Labute approximate surface area is 96.1 Å². The number of nitrogens with zero attached hydrogens (tertiary/aromatic N) is 2. The smallest absolute Gasteiger partial charge is 0.327 e. The monoisotopic (exact) mass is 221 g/mol. The number of hydrogen-bond acceptors (Lipinski definition) is 2. The predicted molar refractivity (Wildman–Crippen MR) is 62.2 cm³/mol. The van der Waals surface area contributed by atoms with Crippen LogP contribution in [0.1, 0.15) is 39.5 Å². The highest BCUT2D eigenvalue weighted by Gasteiger charge is 2.28. The average Bonchev–Trinajstić information content (AvgIpc) is 2.68. The predicted octanol–water partition coefficient (Wildman–Crippen LogP) is 2.41. The summed E-state index contributed by atoms with van der Waals surface area (Å²) in [6.45, 7) is 4.53. The largest absolute Gasteiger partial charge is 0.335 e. The van der Waals surface area contributed by atoms with Crippen LogP contribution in [0.15, 0.2) is 18.7 Å². The number of rotatable bonds is 1. The number of imidazole rings is 1. The lowest BCUT2D eigenvalue weighted by atomic mass is 9.75. The van der Waals surface area contributed by atoms with E-state index in [-0.39, 0.29) is 6.03 Å². The molecule has 0 bridgehead atoms. The van der Waals surface area contributed by atoms with Crippen LogP contribution in [0.3, 0.4) is 0 Å². The van der Waals surface area contributed by atoms with Gasteiger partial charge in [0.1, 0.15) is 6.33 Å². The van der Waals surface area contributed by atoms with E-state index >= 15 is 0 Å². The molecule has 2 rings (SSSR count). The Morgan fingerprint density at radius 3 is 3.00 bits per heavy atom. The van der Waals surface area contributed by atoms with Crippen LogP contribution < -0.4 is 5.32 Å². The van der Waals surface area contributed by atoms with Gasteiger partial charge in [0.15, 0.2) is 0 Å². The summed E-state index contributed by atoms with van der Waals surface area (Å²) in [4.78, 5) is 15.7. The summed E-state index contributed by atoms with van der Waals surface area (Å²) in [6, 6.07) is 0.235. The first-order valence-corrected chi connectivity index (χ1v) is 5.86. The molecular formula is C12H19N3O. The maximum atomic E-state index is 11.8. The molecule has 1 fully saturated rings. The van der Waals surface area contributed by atoms with Gasteiger partial charge >= 0.3 is 6.03 Å². The molecule has 1 aromatic rings. The Bertz CT molecular complexity index is 356. The van der Waals surface area contributed by atoms with E-state index in [1.54, 1.807) is 12.4 Å². The molecule has 4 nitrogen and oxygen atoms in total. The van der Waals surface area contributed by atoms with Gasteiger partial charge in [-0.25, -0.2) is 9.78 Å². The Morgan fingerprint density at radius 1 is 1.56 bits per heavy atom. The minimum atomic E-state index is -0.0693. The maximum absolute atomic E-state index is 11.8. The van der Waals surface area contributed by atoms with Crippen molar-refractivity contribution >= 4 is 6.03 Å². The van der Waals surface area contributed by atoms with Gasteiger partial charge in [0, 0.05) is 18.4 Å². The molecule has 0 spiro atoms. The number of aromatic nitrogens is 2. The van der Waals surface area contributed by atoms with Crippen molar-refractivity contribution in [3.05, 3.63) is 18.7 Å². The molecule has 88 valence electrons. The summed E-state index contributed by atoms with van der Waals surface area (Å²) in [7, 11) is 0. The molecule has 1 saturated carbocycles. The zero-order valence-electron chi connectivity index (χ0n) is 9.94. The maximum Gasteiger partial charge on any atom is 0.327 e. The Hall–Kier alpha value is -1.32. The third-order valence-electron chi connectivity index (χ3n) is 3.27. The summed E-state index contributed by atoms with van der Waals surface area (Å²) >= 11 is 0. The molecule has 0 aromatic carbocycles. The lowest BCUT2D eigenvalue weighted by molar-refractivity contribution is 0.192. The van der Waals surface area contributed by atoms with Crippen molar-refractivity contribution in [2.45, 2.75) is 45.6 Å². The molecule has 1 atom stereocenters. The molecule has 0 saturated heterocycles. The van der Waals surface area contributed by atoms with Gasteiger partial charge in [-0.05, 0) is 24.7 Å². The van der Waals surface area contributed by atoms with E-state index in [1.165, 1.54) is 23.7 Å². The van der Waals surface area contributed by atoms with E-state index in [2.05, 4.69) is 24.1 Å². The number of carbonyl (C=O) groups excluding carboxylic acids is 1. The van der Waals surface area contributed by atoms with Crippen molar-refractivity contribution in [1.29, 1.82) is 0 Å². The minimum Gasteiger partial charge on any atom is -0.335 e. The Balaban J connectivity index is 1.92. The topological polar surface area (TPSA) is 46.9 Å². The van der Waals surface area contributed by atoms with Crippen molar-refractivity contribution in [2.24, 2.45) is 5.41 Å². The van der Waals surface area contributed by atoms with Crippen molar-refractivity contribution < 1.29 is 4.79 Å². The molecule has 16 heavy (non-hydrogen) atoms. The zero-order chi connectivity index (χ0) is 11.6. The molecule has 1 N–H and O–H groups in total. The summed E-state index contributed by atoms with van der Waals surface area (Å²) in [5.41, 5.74) is 0.352. The minimum absolute atomic E-state index is 0.0693. The van der Waals surface area contributed by atoms with E-state index in [0.29, 0.717) is 11.5 Å². The average molecular weight is 221 g/mol. The summed E-state index contributed by atoms with van der Waals surface area (Å²) < 4.78 is 1.49. The first-order valence-electron chi connectivity index (χ1n) is 5.86. The number of carbonyl (C=O) groups is 1. The fourth-order valence-electron chi connectivity index (χ4n) is 2.45. The molecule has 1 amide bonds. The van der Waals surface area contributed by atoms with Crippen LogP contribution >= 0.6 is 0 Å². The fraction of sp³-hybridized carbons (Fsp3) is 0.667. The van der Waals surface area contributed by atoms with Gasteiger partial charge in [-0.1, -0.05) is 20.3 Å². The second kappa shape index (κ2) is 4.28. The normalized spacial score (nSPS) is 24.0. The molecular weight excluding hydrogens is 202 g/mol. The molecule has 1 aliphatic rings. The van der Waals surface area contributed by atoms with E-state index in [0.717, 1.165) is 12.8 Å². The Kier molecular flexibility index (Phi) is 2.99. The van der Waals surface area contributed by atoms with Gasteiger partial charge in [-0.2, -0.15) is 0 Å². The Morgan fingerprint density at radius 2 is 2.38 bits per heavy atom. The second-order valence-electron chi connectivity index (χ2n) is 5.38. The zero-order valence-corrected chi connectivity index (χ0v) is 9.94. The summed E-state index contributed by atoms with van der Waals surface area (Å²) in [5, 5.41) is 3.06. The van der Waals surface area contributed by atoms with Gasteiger partial charge < -0.3 is 5.32 Å². The summed E-state index contributed by atoms with van der Waals surface area (Å²) in [5.74, 6) is 0. The highest BCUT2D eigenvalue weighted by Crippen LogP contribution is 2.35. The standard InChI is InChI=1S/C12H19N3O/c1-12(2)5-3-4-10(8-12)14-11(16)15-7-6-13-9-15/h6-7,9-10H,3-5,8H2,1-2H3,(H,14,16). The van der Waals surface area contributed by atoms with Crippen LogP contribution in [0.5, 0.6) is 0 Å². The molecule has 1 aliphatic carbocycles. The van der Waals surface area contributed by atoms with Crippen LogP contribution in [0, 0.1) is 5.41 Å². The summed E-state index contributed by atoms with van der Waals surface area (Å²) in [6.07, 6.45) is 9.42. The van der Waals surface area contributed by atoms with E-state index < -0.39 is 0 Å². The van der Waals surface area contributed by atoms with E-state index in [9.17, 15) is 4.79 Å². The van der Waals surface area contributed by atoms with Crippen LogP contribution in [-0.4, -0.2) is 21.6 Å². The molecule has 1 unspecified atom stereocenters. The van der Waals surface area contributed by atoms with Gasteiger partial charge in [-0.15, -0.1) is 0 Å². The molecule has 0 aliphatic heterocycles. The van der Waals surface area contributed by atoms with Gasteiger partial charge in [0.05, 0.1) is 0 Å². The van der Waals surface area contributed by atoms with Crippen molar-refractivity contribution in [3.63, 3.8) is 0 Å². The molecule has 4 heteroatoms. The number of nitrogens with one attached hydrogen (secondary N) is 1. The SMILES string of the molecule is CC1(C)CCCC(NC(=O)n2ccnc2)C1. The third-order valence-corrected chi connectivity index (χ3v) is 3.27. The van der Waals surface area contributed by atoms with Gasteiger partial charge in [0.2, 0.25) is 0 Å². The van der Waals surface area contributed by atoms with Crippen LogP contribution in [0.25, 0.3) is 0 Å². The van der Waals surface area contributed by atoms with E-state index in [4.69, 9.17) is 0 Å². The van der Waals surface area contributed by atoms with Crippen molar-refractivity contribution in [3.8, 4) is 0 Å². The van der Waals surface area contributed by atoms with E-state index in [1.807, 2.05) is 0 Å². The highest BCUT2D eigenvalue weighted by atomic mass is 16.2. The lowest BCUT2D eigenvalue weighted by Gasteiger charge is -2.35. The third kappa shape index (κ3) is 2.62. The number of hydrogen-bond donors (Lipinski definition) is 1. The van der Waals surface area contributed by atoms with Gasteiger partial charge in [0.25, 0.3) is 0 Å². The highest BCUT2D eigenvalue weighted by molar-refractivity contribution is 5.76.